The summed E-state index contributed by atoms with van der Waals surface area (Å²) in [6.45, 7) is 2.70. The van der Waals surface area contributed by atoms with E-state index in [-0.39, 0.29) is 5.60 Å². The first-order valence-corrected chi connectivity index (χ1v) is 9.60. The number of pyridine rings is 1. The third kappa shape index (κ3) is 3.33. The van der Waals surface area contributed by atoms with Crippen LogP contribution in [0.5, 0.6) is 5.88 Å². The molecule has 5 heteroatoms. The van der Waals surface area contributed by atoms with Crippen molar-refractivity contribution in [2.45, 2.75) is 31.3 Å². The Labute approximate surface area is 160 Å². The molecule has 1 spiro atoms. The molecule has 1 aromatic carbocycles. The third-order valence-corrected chi connectivity index (χ3v) is 5.95. The standard InChI is InChI=1S/C21H24N2O2S/c1-24-19-7-6-16(15-22-19)14-20(26)23-11-9-21(10-12-23)18-5-3-2-4-17(18)8-13-25-21/h2-7,15H,8-14H2,1H3. The number of benzene rings is 1. The van der Waals surface area contributed by atoms with Gasteiger partial charge in [-0.05, 0) is 36.0 Å². The van der Waals surface area contributed by atoms with Gasteiger partial charge in [-0.25, -0.2) is 4.98 Å². The van der Waals surface area contributed by atoms with E-state index < -0.39 is 0 Å². The second-order valence-corrected chi connectivity index (χ2v) is 7.49. The predicted octanol–water partition coefficient (Wildman–Crippen LogP) is 3.52. The second-order valence-electron chi connectivity index (χ2n) is 7.02. The molecule has 0 atom stereocenters. The Kier molecular flexibility index (Phi) is 4.92. The van der Waals surface area contributed by atoms with Crippen molar-refractivity contribution in [2.24, 2.45) is 0 Å². The fraction of sp³-hybridized carbons (Fsp3) is 0.429. The molecular formula is C21H24N2O2S. The van der Waals surface area contributed by atoms with Crippen LogP contribution in [0.25, 0.3) is 0 Å². The Bertz CT molecular complexity index is 783. The smallest absolute Gasteiger partial charge is 0.212 e. The van der Waals surface area contributed by atoms with E-state index in [2.05, 4.69) is 34.1 Å². The van der Waals surface area contributed by atoms with E-state index in [0.717, 1.165) is 55.9 Å². The van der Waals surface area contributed by atoms with Crippen LogP contribution in [0.3, 0.4) is 0 Å². The molecule has 1 aromatic heterocycles. The molecule has 0 N–H and O–H groups in total. The summed E-state index contributed by atoms with van der Waals surface area (Å²) < 4.78 is 11.4. The number of rotatable bonds is 3. The van der Waals surface area contributed by atoms with Gasteiger partial charge in [-0.3, -0.25) is 0 Å². The first-order valence-electron chi connectivity index (χ1n) is 9.19. The Balaban J connectivity index is 1.41. The molecule has 4 rings (SSSR count). The van der Waals surface area contributed by atoms with Crippen molar-refractivity contribution in [1.82, 2.24) is 9.88 Å². The highest BCUT2D eigenvalue weighted by atomic mass is 32.1. The highest BCUT2D eigenvalue weighted by Crippen LogP contribution is 2.41. The van der Waals surface area contributed by atoms with Gasteiger partial charge in [0.05, 0.1) is 24.3 Å². The number of ether oxygens (including phenoxy) is 2. The highest BCUT2D eigenvalue weighted by Gasteiger charge is 2.40. The first kappa shape index (κ1) is 17.4. The molecule has 0 saturated carbocycles. The molecule has 1 saturated heterocycles. The topological polar surface area (TPSA) is 34.6 Å². The maximum Gasteiger partial charge on any atom is 0.212 e. The Morgan fingerprint density at radius 3 is 2.77 bits per heavy atom. The van der Waals surface area contributed by atoms with Crippen molar-refractivity contribution in [1.29, 1.82) is 0 Å². The van der Waals surface area contributed by atoms with Gasteiger partial charge in [0.2, 0.25) is 5.88 Å². The largest absolute Gasteiger partial charge is 0.481 e. The summed E-state index contributed by atoms with van der Waals surface area (Å²) in [5.41, 5.74) is 3.83. The molecule has 0 radical (unpaired) electrons. The number of likely N-dealkylation sites (tertiary alicyclic amines) is 1. The summed E-state index contributed by atoms with van der Waals surface area (Å²) in [5, 5.41) is 0. The minimum absolute atomic E-state index is 0.122. The second kappa shape index (κ2) is 7.33. The van der Waals surface area contributed by atoms with Crippen LogP contribution in [-0.2, 0) is 23.2 Å². The molecule has 3 heterocycles. The Morgan fingerprint density at radius 1 is 1.23 bits per heavy atom. The summed E-state index contributed by atoms with van der Waals surface area (Å²) in [7, 11) is 1.63. The van der Waals surface area contributed by atoms with Crippen molar-refractivity contribution >= 4 is 17.2 Å². The minimum atomic E-state index is -0.122. The van der Waals surface area contributed by atoms with Gasteiger partial charge in [0, 0.05) is 31.8 Å². The molecular weight excluding hydrogens is 344 g/mol. The fourth-order valence-electron chi connectivity index (χ4n) is 4.07. The number of methoxy groups -OCH3 is 1. The van der Waals surface area contributed by atoms with Crippen molar-refractivity contribution in [3.63, 3.8) is 0 Å². The van der Waals surface area contributed by atoms with Gasteiger partial charge in [-0.1, -0.05) is 42.5 Å². The predicted molar refractivity (Wildman–Crippen MR) is 106 cm³/mol. The lowest BCUT2D eigenvalue weighted by molar-refractivity contribution is -0.0905. The monoisotopic (exact) mass is 368 g/mol. The van der Waals surface area contributed by atoms with Crippen LogP contribution < -0.4 is 4.74 Å². The van der Waals surface area contributed by atoms with Crippen LogP contribution >= 0.6 is 12.2 Å². The average molecular weight is 369 g/mol. The minimum Gasteiger partial charge on any atom is -0.481 e. The molecule has 0 bridgehead atoms. The normalized spacial score (nSPS) is 18.4. The van der Waals surface area contributed by atoms with E-state index in [1.165, 1.54) is 11.1 Å². The maximum absolute atomic E-state index is 6.31. The summed E-state index contributed by atoms with van der Waals surface area (Å²) in [4.78, 5) is 7.58. The Morgan fingerprint density at radius 2 is 2.04 bits per heavy atom. The first-order chi connectivity index (χ1) is 12.7. The van der Waals surface area contributed by atoms with Gasteiger partial charge in [0.15, 0.2) is 0 Å². The van der Waals surface area contributed by atoms with E-state index in [0.29, 0.717) is 5.88 Å². The Hall–Kier alpha value is -1.98. The quantitative estimate of drug-likeness (QED) is 0.775. The lowest BCUT2D eigenvalue weighted by Gasteiger charge is -2.45. The maximum atomic E-state index is 6.31. The van der Waals surface area contributed by atoms with E-state index in [1.54, 1.807) is 7.11 Å². The van der Waals surface area contributed by atoms with Crippen LogP contribution in [0.4, 0.5) is 0 Å². The summed E-state index contributed by atoms with van der Waals surface area (Å²) >= 11 is 5.71. The van der Waals surface area contributed by atoms with E-state index >= 15 is 0 Å². The molecule has 0 unspecified atom stereocenters. The number of nitrogens with zero attached hydrogens (tertiary/aromatic N) is 2. The number of hydrogen-bond acceptors (Lipinski definition) is 4. The van der Waals surface area contributed by atoms with E-state index in [4.69, 9.17) is 21.7 Å². The van der Waals surface area contributed by atoms with Gasteiger partial charge in [-0.2, -0.15) is 0 Å². The molecule has 136 valence electrons. The van der Waals surface area contributed by atoms with Crippen LogP contribution in [0.15, 0.2) is 42.6 Å². The van der Waals surface area contributed by atoms with Crippen molar-refractivity contribution in [3.05, 3.63) is 59.3 Å². The molecule has 2 aliphatic heterocycles. The molecule has 4 nitrogen and oxygen atoms in total. The van der Waals surface area contributed by atoms with E-state index in [9.17, 15) is 0 Å². The van der Waals surface area contributed by atoms with Crippen LogP contribution in [0.1, 0.15) is 29.5 Å². The highest BCUT2D eigenvalue weighted by molar-refractivity contribution is 7.80. The van der Waals surface area contributed by atoms with E-state index in [1.807, 2.05) is 18.3 Å². The summed E-state index contributed by atoms with van der Waals surface area (Å²) in [6, 6.07) is 12.7. The molecule has 0 amide bonds. The summed E-state index contributed by atoms with van der Waals surface area (Å²) in [5.74, 6) is 0.632. The van der Waals surface area contributed by atoms with Crippen LogP contribution in [0.2, 0.25) is 0 Å². The zero-order valence-electron chi connectivity index (χ0n) is 15.1. The van der Waals surface area contributed by atoms with Crippen molar-refractivity contribution in [2.75, 3.05) is 26.8 Å². The number of thiocarbonyl (C=S) groups is 1. The lowest BCUT2D eigenvalue weighted by Crippen LogP contribution is -2.48. The zero-order chi connectivity index (χ0) is 18.0. The average Bonchev–Trinajstić information content (AvgIpc) is 2.69. The van der Waals surface area contributed by atoms with Crippen LogP contribution in [-0.4, -0.2) is 41.7 Å². The molecule has 1 fully saturated rings. The fourth-order valence-corrected chi connectivity index (χ4v) is 4.42. The third-order valence-electron chi connectivity index (χ3n) is 5.54. The molecule has 26 heavy (non-hydrogen) atoms. The number of aromatic nitrogens is 1. The van der Waals surface area contributed by atoms with Gasteiger partial charge in [0.1, 0.15) is 0 Å². The van der Waals surface area contributed by atoms with Gasteiger partial charge in [0.25, 0.3) is 0 Å². The number of piperidine rings is 1. The van der Waals surface area contributed by atoms with Crippen LogP contribution in [0, 0.1) is 0 Å². The lowest BCUT2D eigenvalue weighted by atomic mass is 9.79. The van der Waals surface area contributed by atoms with Gasteiger partial charge in [-0.15, -0.1) is 0 Å². The zero-order valence-corrected chi connectivity index (χ0v) is 15.9. The van der Waals surface area contributed by atoms with Crippen molar-refractivity contribution < 1.29 is 9.47 Å². The molecule has 0 aliphatic carbocycles. The molecule has 2 aromatic rings. The van der Waals surface area contributed by atoms with Gasteiger partial charge >= 0.3 is 0 Å². The number of hydrogen-bond donors (Lipinski definition) is 0. The van der Waals surface area contributed by atoms with Crippen molar-refractivity contribution in [3.8, 4) is 5.88 Å². The van der Waals surface area contributed by atoms with Gasteiger partial charge < -0.3 is 14.4 Å². The summed E-state index contributed by atoms with van der Waals surface area (Å²) in [6.07, 6.45) is 5.59. The number of fused-ring (bicyclic) bond motifs is 2. The molecule has 2 aliphatic rings. The SMILES string of the molecule is COc1ccc(CC(=S)N2CCC3(CC2)OCCc2ccccc23)cn1.